The number of ether oxygens (including phenoxy) is 1. The predicted octanol–water partition coefficient (Wildman–Crippen LogP) is 3.02. The van der Waals surface area contributed by atoms with Crippen LogP contribution in [0.2, 0.25) is 0 Å². The Hall–Kier alpha value is -2.40. The van der Waals surface area contributed by atoms with Gasteiger partial charge in [-0.25, -0.2) is 0 Å². The molecule has 26 heavy (non-hydrogen) atoms. The van der Waals surface area contributed by atoms with Gasteiger partial charge in [0.15, 0.2) is 0 Å². The lowest BCUT2D eigenvalue weighted by Crippen LogP contribution is -2.50. The molecule has 0 aromatic heterocycles. The molecule has 2 N–H and O–H groups in total. The Morgan fingerprint density at radius 2 is 1.92 bits per heavy atom. The third-order valence-corrected chi connectivity index (χ3v) is 5.37. The van der Waals surface area contributed by atoms with Crippen LogP contribution < -0.4 is 5.32 Å². The monoisotopic (exact) mass is 355 g/mol. The molecule has 1 atom stereocenters. The molecule has 0 bridgehead atoms. The molecule has 2 aromatic carbocycles. The fourth-order valence-electron chi connectivity index (χ4n) is 3.62. The van der Waals surface area contributed by atoms with Gasteiger partial charge in [0, 0.05) is 13.7 Å². The Labute approximate surface area is 153 Å². The SMILES string of the molecule is COCC1(C(=O)NCC(Cc2ccc3ccccc3c2)C(=O)O)CCC1. The molecule has 138 valence electrons. The van der Waals surface area contributed by atoms with Gasteiger partial charge in [-0.15, -0.1) is 0 Å². The Balaban J connectivity index is 1.65. The van der Waals surface area contributed by atoms with E-state index in [2.05, 4.69) is 5.32 Å². The Morgan fingerprint density at radius 3 is 2.54 bits per heavy atom. The number of rotatable bonds is 8. The number of carboxylic acids is 1. The molecule has 1 aliphatic rings. The van der Waals surface area contributed by atoms with Gasteiger partial charge < -0.3 is 15.2 Å². The molecule has 1 amide bonds. The quantitative estimate of drug-likeness (QED) is 0.763. The van der Waals surface area contributed by atoms with Crippen molar-refractivity contribution in [1.82, 2.24) is 5.32 Å². The van der Waals surface area contributed by atoms with Crippen LogP contribution in [0.3, 0.4) is 0 Å². The average Bonchev–Trinajstić information content (AvgIpc) is 2.61. The zero-order valence-corrected chi connectivity index (χ0v) is 15.0. The van der Waals surface area contributed by atoms with Gasteiger partial charge >= 0.3 is 5.97 Å². The van der Waals surface area contributed by atoms with Gasteiger partial charge in [-0.2, -0.15) is 0 Å². The second-order valence-corrected chi connectivity index (χ2v) is 7.20. The maximum Gasteiger partial charge on any atom is 0.308 e. The van der Waals surface area contributed by atoms with E-state index in [4.69, 9.17) is 4.74 Å². The number of nitrogens with one attached hydrogen (secondary N) is 1. The largest absolute Gasteiger partial charge is 0.481 e. The Kier molecular flexibility index (Phi) is 5.57. The van der Waals surface area contributed by atoms with Gasteiger partial charge in [0.1, 0.15) is 0 Å². The van der Waals surface area contributed by atoms with Crippen molar-refractivity contribution in [1.29, 1.82) is 0 Å². The maximum atomic E-state index is 12.5. The van der Waals surface area contributed by atoms with Gasteiger partial charge in [0.05, 0.1) is 17.9 Å². The van der Waals surface area contributed by atoms with E-state index in [-0.39, 0.29) is 12.5 Å². The van der Waals surface area contributed by atoms with Crippen LogP contribution in [0.25, 0.3) is 10.8 Å². The number of aliphatic carboxylic acids is 1. The van der Waals surface area contributed by atoms with Crippen LogP contribution in [0.5, 0.6) is 0 Å². The zero-order valence-electron chi connectivity index (χ0n) is 15.0. The van der Waals surface area contributed by atoms with Gasteiger partial charge in [0.25, 0.3) is 0 Å². The first-order valence-corrected chi connectivity index (χ1v) is 9.02. The normalized spacial score (nSPS) is 16.7. The number of carbonyl (C=O) groups excluding carboxylic acids is 1. The van der Waals surface area contributed by atoms with Crippen LogP contribution >= 0.6 is 0 Å². The van der Waals surface area contributed by atoms with Crippen LogP contribution in [-0.2, 0) is 20.7 Å². The summed E-state index contributed by atoms with van der Waals surface area (Å²) in [5, 5.41) is 14.6. The lowest BCUT2D eigenvalue weighted by Gasteiger charge is -2.39. The van der Waals surface area contributed by atoms with E-state index < -0.39 is 17.3 Å². The summed E-state index contributed by atoms with van der Waals surface area (Å²) in [4.78, 5) is 24.2. The minimum Gasteiger partial charge on any atom is -0.481 e. The van der Waals surface area contributed by atoms with E-state index in [1.165, 1.54) is 0 Å². The van der Waals surface area contributed by atoms with Crippen molar-refractivity contribution < 1.29 is 19.4 Å². The molecule has 1 fully saturated rings. The fraction of sp³-hybridized carbons (Fsp3) is 0.429. The molecule has 0 radical (unpaired) electrons. The van der Waals surface area contributed by atoms with Gasteiger partial charge in [-0.1, -0.05) is 48.9 Å². The lowest BCUT2D eigenvalue weighted by molar-refractivity contribution is -0.143. The fourth-order valence-corrected chi connectivity index (χ4v) is 3.62. The third-order valence-electron chi connectivity index (χ3n) is 5.37. The zero-order chi connectivity index (χ0) is 18.6. The summed E-state index contributed by atoms with van der Waals surface area (Å²) in [5.41, 5.74) is 0.487. The standard InChI is InChI=1S/C21H25NO4/c1-26-14-21(9-4-10-21)20(25)22-13-18(19(23)24)12-15-7-8-16-5-2-3-6-17(16)11-15/h2-3,5-8,11,18H,4,9-10,12-14H2,1H3,(H,22,25)(H,23,24). The first-order valence-electron chi connectivity index (χ1n) is 9.02. The summed E-state index contributed by atoms with van der Waals surface area (Å²) in [6.45, 7) is 0.522. The number of benzene rings is 2. The molecule has 0 aliphatic heterocycles. The van der Waals surface area contributed by atoms with E-state index in [0.29, 0.717) is 13.0 Å². The Morgan fingerprint density at radius 1 is 1.19 bits per heavy atom. The first kappa shape index (κ1) is 18.4. The highest BCUT2D eigenvalue weighted by atomic mass is 16.5. The van der Waals surface area contributed by atoms with E-state index in [9.17, 15) is 14.7 Å². The molecule has 5 heteroatoms. The highest BCUT2D eigenvalue weighted by Crippen LogP contribution is 2.41. The molecule has 5 nitrogen and oxygen atoms in total. The molecule has 1 aliphatic carbocycles. The molecule has 3 rings (SSSR count). The number of fused-ring (bicyclic) bond motifs is 1. The number of hydrogen-bond acceptors (Lipinski definition) is 3. The Bertz CT molecular complexity index is 797. The second kappa shape index (κ2) is 7.87. The van der Waals surface area contributed by atoms with Crippen LogP contribution in [-0.4, -0.2) is 37.2 Å². The van der Waals surface area contributed by atoms with E-state index in [0.717, 1.165) is 35.6 Å². The summed E-state index contributed by atoms with van der Waals surface area (Å²) >= 11 is 0. The van der Waals surface area contributed by atoms with Crippen LogP contribution in [0.15, 0.2) is 42.5 Å². The van der Waals surface area contributed by atoms with Crippen LogP contribution in [0.1, 0.15) is 24.8 Å². The summed E-state index contributed by atoms with van der Waals surface area (Å²) in [5.74, 6) is -1.64. The number of methoxy groups -OCH3 is 1. The molecular formula is C21H25NO4. The van der Waals surface area contributed by atoms with Crippen molar-refractivity contribution in [3.05, 3.63) is 48.0 Å². The highest BCUT2D eigenvalue weighted by Gasteiger charge is 2.44. The van der Waals surface area contributed by atoms with Gasteiger partial charge in [0.2, 0.25) is 5.91 Å². The first-order chi connectivity index (χ1) is 12.5. The van der Waals surface area contributed by atoms with Gasteiger partial charge in [-0.3, -0.25) is 9.59 Å². The summed E-state index contributed by atoms with van der Waals surface area (Å²) < 4.78 is 5.18. The smallest absolute Gasteiger partial charge is 0.308 e. The van der Waals surface area contributed by atoms with Crippen molar-refractivity contribution in [3.63, 3.8) is 0 Å². The molecule has 2 aromatic rings. The lowest BCUT2D eigenvalue weighted by atomic mass is 9.68. The number of carboxylic acid groups (broad SMARTS) is 1. The van der Waals surface area contributed by atoms with E-state index in [1.54, 1.807) is 7.11 Å². The highest BCUT2D eigenvalue weighted by molar-refractivity contribution is 5.85. The molecule has 1 unspecified atom stereocenters. The van der Waals surface area contributed by atoms with Crippen molar-refractivity contribution in [2.45, 2.75) is 25.7 Å². The molecular weight excluding hydrogens is 330 g/mol. The average molecular weight is 355 g/mol. The molecule has 0 spiro atoms. The summed E-state index contributed by atoms with van der Waals surface area (Å²) in [6.07, 6.45) is 3.00. The van der Waals surface area contributed by atoms with E-state index >= 15 is 0 Å². The maximum absolute atomic E-state index is 12.5. The molecule has 1 saturated carbocycles. The molecule has 0 saturated heterocycles. The van der Waals surface area contributed by atoms with Crippen molar-refractivity contribution >= 4 is 22.6 Å². The molecule has 0 heterocycles. The number of amides is 1. The van der Waals surface area contributed by atoms with Crippen molar-refractivity contribution in [2.75, 3.05) is 20.3 Å². The minimum atomic E-state index is -0.896. The van der Waals surface area contributed by atoms with Crippen LogP contribution in [0.4, 0.5) is 0 Å². The topological polar surface area (TPSA) is 75.6 Å². The second-order valence-electron chi connectivity index (χ2n) is 7.20. The van der Waals surface area contributed by atoms with Gasteiger partial charge in [-0.05, 0) is 35.6 Å². The predicted molar refractivity (Wildman–Crippen MR) is 99.9 cm³/mol. The van der Waals surface area contributed by atoms with Crippen molar-refractivity contribution in [2.24, 2.45) is 11.3 Å². The third kappa shape index (κ3) is 3.88. The number of hydrogen-bond donors (Lipinski definition) is 2. The summed E-state index contributed by atoms with van der Waals surface area (Å²) in [7, 11) is 1.59. The summed E-state index contributed by atoms with van der Waals surface area (Å²) in [6, 6.07) is 14.0. The van der Waals surface area contributed by atoms with Crippen LogP contribution in [0, 0.1) is 11.3 Å². The van der Waals surface area contributed by atoms with Crippen molar-refractivity contribution in [3.8, 4) is 0 Å². The van der Waals surface area contributed by atoms with E-state index in [1.807, 2.05) is 42.5 Å². The number of carbonyl (C=O) groups is 2. The minimum absolute atomic E-state index is 0.0876.